The molecule has 3 N–H and O–H groups in total. The van der Waals surface area contributed by atoms with Gasteiger partial charge in [0.2, 0.25) is 11.8 Å². The van der Waals surface area contributed by atoms with Gasteiger partial charge in [0, 0.05) is 62.7 Å². The van der Waals surface area contributed by atoms with Crippen molar-refractivity contribution in [2.24, 2.45) is 0 Å². The van der Waals surface area contributed by atoms with E-state index in [2.05, 4.69) is 32.0 Å². The van der Waals surface area contributed by atoms with E-state index in [1.807, 2.05) is 29.2 Å². The van der Waals surface area contributed by atoms with Crippen LogP contribution in [0.25, 0.3) is 17.5 Å². The third-order valence-corrected chi connectivity index (χ3v) is 10.5. The van der Waals surface area contributed by atoms with Gasteiger partial charge in [0.25, 0.3) is 11.8 Å². The van der Waals surface area contributed by atoms with Crippen molar-refractivity contribution in [1.82, 2.24) is 35.0 Å². The highest BCUT2D eigenvalue weighted by molar-refractivity contribution is 6.05. The molecule has 3 fully saturated rings. The first-order chi connectivity index (χ1) is 26.7. The smallest absolute Gasteiger partial charge is 0.298 e. The molecule has 4 aromatic rings. The second-order valence-corrected chi connectivity index (χ2v) is 14.0. The van der Waals surface area contributed by atoms with Crippen LogP contribution in [-0.4, -0.2) is 97.9 Å². The summed E-state index contributed by atoms with van der Waals surface area (Å²) in [5.41, 5.74) is 4.07. The number of anilines is 1. The molecule has 0 bridgehead atoms. The number of benzene rings is 2. The monoisotopic (exact) mass is 739 g/mol. The van der Waals surface area contributed by atoms with Crippen LogP contribution < -0.4 is 10.2 Å². The Morgan fingerprint density at radius 2 is 1.80 bits per heavy atom. The van der Waals surface area contributed by atoms with Crippen molar-refractivity contribution < 1.29 is 23.6 Å². The van der Waals surface area contributed by atoms with E-state index >= 15 is 0 Å². The number of carbonyl (C=O) groups is 4. The number of fused-ring (bicyclic) bond motifs is 1. The number of piperazine rings is 1. The van der Waals surface area contributed by atoms with Gasteiger partial charge in [-0.15, -0.1) is 0 Å². The summed E-state index contributed by atoms with van der Waals surface area (Å²) in [4.78, 5) is 70.0. The molecule has 4 aliphatic heterocycles. The number of nitrogens with one attached hydrogen (secondary N) is 3. The lowest BCUT2D eigenvalue weighted by Crippen LogP contribution is -2.52. The van der Waals surface area contributed by atoms with Gasteiger partial charge < -0.3 is 24.6 Å². The highest BCUT2D eigenvalue weighted by Gasteiger charge is 2.39. The molecule has 3 saturated heterocycles. The molecule has 2 unspecified atom stereocenters. The summed E-state index contributed by atoms with van der Waals surface area (Å²) in [5, 5.41) is 11.0. The van der Waals surface area contributed by atoms with Crippen LogP contribution in [0.15, 0.2) is 72.9 Å². The third kappa shape index (κ3) is 7.46. The van der Waals surface area contributed by atoms with Crippen molar-refractivity contribution in [2.45, 2.75) is 44.3 Å². The van der Waals surface area contributed by atoms with E-state index in [9.17, 15) is 23.6 Å². The number of hydrogen-bond donors (Lipinski definition) is 3. The van der Waals surface area contributed by atoms with Gasteiger partial charge in [0.1, 0.15) is 29.3 Å². The van der Waals surface area contributed by atoms with Crippen molar-refractivity contribution in [3.63, 3.8) is 0 Å². The number of nitrogens with zero attached hydrogens (tertiary/aromatic N) is 6. The highest BCUT2D eigenvalue weighted by Crippen LogP contribution is 2.33. The number of hydrogen-bond acceptors (Lipinski definition) is 8. The fourth-order valence-electron chi connectivity index (χ4n) is 7.65. The van der Waals surface area contributed by atoms with Gasteiger partial charge in [-0.3, -0.25) is 29.9 Å². The molecule has 0 radical (unpaired) electrons. The molecule has 55 heavy (non-hydrogen) atoms. The number of likely N-dealkylation sites (tertiary alicyclic amines) is 1. The molecular formula is C41H38FN9O4. The SMILES string of the molecule is N=C(/C=C\c1ncc(-c2cccc(N3CCN(C(=O)C#Cc4ccc5c(c4)C(=O)N(C4CCC(=O)NC4=O)C5)CC3)n2)[nH]1)N1CCCC1c1cccc(F)c1. The van der Waals surface area contributed by atoms with E-state index in [1.54, 1.807) is 53.6 Å². The standard InChI is InChI=1S/C41H38FN9O4/c42-29-5-1-4-27(23-29)33-7-3-17-50(33)35(43)13-14-36-44-24-32(45-36)31-6-2-8-37(46-31)48-18-20-49(21-19-48)39(53)16-10-26-9-11-28-25-51(41(55)30(28)22-26)34-12-15-38(52)47-40(34)54/h1-2,4-6,8-9,11,13-14,22-24,33-34,43H,3,7,12,15,17-21,25H2,(H,44,45)(H,47,52,54)/b14-13-,43-35?. The second-order valence-electron chi connectivity index (χ2n) is 14.0. The Balaban J connectivity index is 0.852. The molecular weight excluding hydrogens is 702 g/mol. The summed E-state index contributed by atoms with van der Waals surface area (Å²) in [6, 6.07) is 16.8. The third-order valence-electron chi connectivity index (χ3n) is 10.5. The van der Waals surface area contributed by atoms with Crippen LogP contribution in [0.4, 0.5) is 10.2 Å². The number of aromatic nitrogens is 3. The zero-order valence-corrected chi connectivity index (χ0v) is 29.9. The number of halogens is 1. The second kappa shape index (κ2) is 15.0. The molecule has 14 heteroatoms. The maximum absolute atomic E-state index is 13.9. The molecule has 4 amide bonds. The minimum absolute atomic E-state index is 0.0358. The van der Waals surface area contributed by atoms with Gasteiger partial charge in [-0.25, -0.2) is 14.4 Å². The Kier molecular flexibility index (Phi) is 9.67. The van der Waals surface area contributed by atoms with Crippen LogP contribution in [0.5, 0.6) is 0 Å². The van der Waals surface area contributed by atoms with Crippen molar-refractivity contribution in [1.29, 1.82) is 5.41 Å². The minimum Gasteiger partial charge on any atom is -0.353 e. The Labute approximate surface area is 316 Å². The molecule has 278 valence electrons. The summed E-state index contributed by atoms with van der Waals surface area (Å²) in [7, 11) is 0. The maximum Gasteiger partial charge on any atom is 0.298 e. The van der Waals surface area contributed by atoms with Crippen molar-refractivity contribution >= 4 is 41.4 Å². The summed E-state index contributed by atoms with van der Waals surface area (Å²) in [6.45, 7) is 3.08. The number of aromatic amines is 1. The van der Waals surface area contributed by atoms with E-state index in [-0.39, 0.29) is 42.5 Å². The van der Waals surface area contributed by atoms with Crippen LogP contribution in [0, 0.1) is 23.1 Å². The number of pyridine rings is 1. The first-order valence-electron chi connectivity index (χ1n) is 18.3. The molecule has 13 nitrogen and oxygen atoms in total. The molecule has 4 aliphatic rings. The van der Waals surface area contributed by atoms with Crippen molar-refractivity contribution in [3.8, 4) is 23.2 Å². The van der Waals surface area contributed by atoms with E-state index < -0.39 is 11.9 Å². The molecule has 6 heterocycles. The lowest BCUT2D eigenvalue weighted by molar-refractivity contribution is -0.137. The molecule has 0 spiro atoms. The number of rotatable bonds is 6. The van der Waals surface area contributed by atoms with Crippen LogP contribution in [-0.2, 0) is 20.9 Å². The van der Waals surface area contributed by atoms with Crippen LogP contribution in [0.1, 0.15) is 64.6 Å². The van der Waals surface area contributed by atoms with Crippen LogP contribution in [0.3, 0.4) is 0 Å². The van der Waals surface area contributed by atoms with E-state index in [4.69, 9.17) is 10.4 Å². The quantitative estimate of drug-likeness (QED) is 0.116. The molecule has 8 rings (SSSR count). The first-order valence-corrected chi connectivity index (χ1v) is 18.3. The number of imide groups is 1. The van der Waals surface area contributed by atoms with E-state index in [0.717, 1.165) is 42.0 Å². The van der Waals surface area contributed by atoms with Gasteiger partial charge in [-0.05, 0) is 78.9 Å². The summed E-state index contributed by atoms with van der Waals surface area (Å²) in [6.07, 6.45) is 7.45. The van der Waals surface area contributed by atoms with Gasteiger partial charge in [-0.1, -0.05) is 30.2 Å². The normalized spacial score (nSPS) is 19.8. The van der Waals surface area contributed by atoms with E-state index in [1.165, 1.54) is 11.0 Å². The number of carbonyl (C=O) groups excluding carboxylic acids is 4. The van der Waals surface area contributed by atoms with Crippen LogP contribution >= 0.6 is 0 Å². The number of amides is 4. The van der Waals surface area contributed by atoms with Crippen LogP contribution in [0.2, 0.25) is 0 Å². The predicted octanol–water partition coefficient (Wildman–Crippen LogP) is 3.90. The lowest BCUT2D eigenvalue weighted by atomic mass is 10.0. The average molecular weight is 740 g/mol. The van der Waals surface area contributed by atoms with Gasteiger partial charge in [0.05, 0.1) is 23.6 Å². The number of amidine groups is 1. The van der Waals surface area contributed by atoms with Gasteiger partial charge in [-0.2, -0.15) is 0 Å². The summed E-state index contributed by atoms with van der Waals surface area (Å²) in [5.74, 6) is 5.67. The van der Waals surface area contributed by atoms with E-state index in [0.29, 0.717) is 61.1 Å². The summed E-state index contributed by atoms with van der Waals surface area (Å²) < 4.78 is 13.9. The topological polar surface area (TPSA) is 159 Å². The number of H-pyrrole nitrogens is 1. The first kappa shape index (κ1) is 35.4. The lowest BCUT2D eigenvalue weighted by Gasteiger charge is -2.34. The largest absolute Gasteiger partial charge is 0.353 e. The average Bonchev–Trinajstić information content (AvgIpc) is 3.96. The predicted molar refractivity (Wildman–Crippen MR) is 202 cm³/mol. The minimum atomic E-state index is -0.691. The summed E-state index contributed by atoms with van der Waals surface area (Å²) >= 11 is 0. The van der Waals surface area contributed by atoms with Gasteiger partial charge in [0.15, 0.2) is 0 Å². The molecule has 0 aliphatic carbocycles. The Morgan fingerprint density at radius 1 is 0.964 bits per heavy atom. The zero-order chi connectivity index (χ0) is 38.1. The molecule has 2 atom stereocenters. The van der Waals surface area contributed by atoms with Crippen molar-refractivity contribution in [2.75, 3.05) is 37.6 Å². The number of piperidine rings is 1. The Hall–Kier alpha value is -6.62. The molecule has 2 aromatic carbocycles. The highest BCUT2D eigenvalue weighted by atomic mass is 19.1. The maximum atomic E-state index is 13.9. The van der Waals surface area contributed by atoms with Crippen molar-refractivity contribution in [3.05, 3.63) is 107 Å². The Bertz CT molecular complexity index is 2300. The molecule has 2 aromatic heterocycles. The Morgan fingerprint density at radius 3 is 2.62 bits per heavy atom. The van der Waals surface area contributed by atoms with Gasteiger partial charge >= 0.3 is 0 Å². The molecule has 0 saturated carbocycles. The fourth-order valence-corrected chi connectivity index (χ4v) is 7.65. The number of imidazole rings is 1. The fraction of sp³-hybridized carbons (Fsp3) is 0.293. The zero-order valence-electron chi connectivity index (χ0n) is 29.9.